The van der Waals surface area contributed by atoms with Gasteiger partial charge in [0, 0.05) is 21.5 Å². The Morgan fingerprint density at radius 1 is 1.12 bits per heavy atom. The lowest BCUT2D eigenvalue weighted by Crippen LogP contribution is -2.20. The predicted molar refractivity (Wildman–Crippen MR) is 115 cm³/mol. The van der Waals surface area contributed by atoms with Gasteiger partial charge in [-0.3, -0.25) is 0 Å². The van der Waals surface area contributed by atoms with Gasteiger partial charge < -0.3 is 15.4 Å². The molecule has 3 rings (SSSR count). The molecule has 0 radical (unpaired) electrons. The van der Waals surface area contributed by atoms with Crippen molar-refractivity contribution >= 4 is 56.7 Å². The van der Waals surface area contributed by atoms with Crippen LogP contribution in [0.1, 0.15) is 21.5 Å². The van der Waals surface area contributed by atoms with Gasteiger partial charge in [-0.2, -0.15) is 0 Å². The van der Waals surface area contributed by atoms with E-state index in [2.05, 4.69) is 23.6 Å². The van der Waals surface area contributed by atoms with Gasteiger partial charge in [0.1, 0.15) is 10.6 Å². The van der Waals surface area contributed by atoms with E-state index in [1.54, 1.807) is 11.3 Å². The van der Waals surface area contributed by atoms with Gasteiger partial charge in [-0.1, -0.05) is 18.2 Å². The van der Waals surface area contributed by atoms with Gasteiger partial charge in [0.15, 0.2) is 5.11 Å². The van der Waals surface area contributed by atoms with Crippen molar-refractivity contribution in [3.63, 3.8) is 0 Å². The predicted octanol–water partition coefficient (Wildman–Crippen LogP) is 5.69. The number of methoxy groups -OCH3 is 1. The molecule has 134 valence electrons. The Balaban J connectivity index is 1.86. The van der Waals surface area contributed by atoms with E-state index >= 15 is 0 Å². The third kappa shape index (κ3) is 3.80. The van der Waals surface area contributed by atoms with Crippen molar-refractivity contribution in [2.45, 2.75) is 13.8 Å². The Labute approximate surface area is 165 Å². The summed E-state index contributed by atoms with van der Waals surface area (Å²) in [5.74, 6) is -0.383. The van der Waals surface area contributed by atoms with E-state index in [1.807, 2.05) is 41.9 Å². The average molecular weight is 403 g/mol. The van der Waals surface area contributed by atoms with Crippen LogP contribution in [0.4, 0.5) is 10.7 Å². The van der Waals surface area contributed by atoms with E-state index in [0.717, 1.165) is 21.7 Å². The van der Waals surface area contributed by atoms with E-state index in [0.29, 0.717) is 15.7 Å². The molecule has 1 aromatic carbocycles. The molecule has 0 fully saturated rings. The van der Waals surface area contributed by atoms with Crippen LogP contribution in [0.25, 0.3) is 10.4 Å². The second kappa shape index (κ2) is 7.99. The van der Waals surface area contributed by atoms with Gasteiger partial charge in [-0.05, 0) is 54.7 Å². The lowest BCUT2D eigenvalue weighted by Gasteiger charge is -2.14. The molecule has 0 atom stereocenters. The summed E-state index contributed by atoms with van der Waals surface area (Å²) in [5, 5.41) is 11.4. The number of aryl methyl sites for hydroxylation is 1. The zero-order valence-corrected chi connectivity index (χ0v) is 17.0. The van der Waals surface area contributed by atoms with Gasteiger partial charge >= 0.3 is 5.97 Å². The molecule has 0 saturated heterocycles. The highest BCUT2D eigenvalue weighted by molar-refractivity contribution is 7.80. The summed E-state index contributed by atoms with van der Waals surface area (Å²) in [7, 11) is 1.38. The third-order valence-electron chi connectivity index (χ3n) is 4.05. The fourth-order valence-electron chi connectivity index (χ4n) is 2.51. The first-order valence-electron chi connectivity index (χ1n) is 7.89. The Morgan fingerprint density at radius 2 is 1.92 bits per heavy atom. The number of rotatable bonds is 4. The van der Waals surface area contributed by atoms with Gasteiger partial charge in [-0.25, -0.2) is 4.79 Å². The minimum atomic E-state index is -0.383. The maximum absolute atomic E-state index is 12.3. The van der Waals surface area contributed by atoms with Gasteiger partial charge in [0.2, 0.25) is 0 Å². The molecular formula is C19H18N2O2S3. The Kier molecular flexibility index (Phi) is 5.70. The molecular weight excluding hydrogens is 384 g/mol. The zero-order chi connectivity index (χ0) is 18.7. The Morgan fingerprint density at radius 3 is 2.62 bits per heavy atom. The number of benzene rings is 1. The number of thiocarbonyl (C=S) groups is 1. The van der Waals surface area contributed by atoms with E-state index in [-0.39, 0.29) is 5.97 Å². The first-order chi connectivity index (χ1) is 12.5. The van der Waals surface area contributed by atoms with Crippen molar-refractivity contribution in [3.05, 3.63) is 57.8 Å². The number of anilines is 2. The summed E-state index contributed by atoms with van der Waals surface area (Å²) in [6.45, 7) is 4.10. The van der Waals surface area contributed by atoms with Gasteiger partial charge in [-0.15, -0.1) is 22.7 Å². The molecule has 0 unspecified atom stereocenters. The average Bonchev–Trinajstić information content (AvgIpc) is 3.27. The number of carbonyl (C=O) groups excluding carboxylic acids is 1. The van der Waals surface area contributed by atoms with Crippen molar-refractivity contribution in [3.8, 4) is 10.4 Å². The van der Waals surface area contributed by atoms with E-state index in [1.165, 1.54) is 24.0 Å². The molecule has 4 nitrogen and oxygen atoms in total. The van der Waals surface area contributed by atoms with Crippen LogP contribution in [0.2, 0.25) is 0 Å². The van der Waals surface area contributed by atoms with Crippen molar-refractivity contribution in [1.82, 2.24) is 0 Å². The molecule has 2 N–H and O–H groups in total. The molecule has 0 amide bonds. The fraction of sp³-hybridized carbons (Fsp3) is 0.158. The Bertz CT molecular complexity index is 946. The lowest BCUT2D eigenvalue weighted by atomic mass is 10.1. The topological polar surface area (TPSA) is 50.4 Å². The van der Waals surface area contributed by atoms with Gasteiger partial charge in [0.05, 0.1) is 7.11 Å². The number of hydrogen-bond acceptors (Lipinski definition) is 5. The van der Waals surface area contributed by atoms with E-state index in [9.17, 15) is 4.79 Å². The molecule has 0 aliphatic carbocycles. The molecule has 2 heterocycles. The van der Waals surface area contributed by atoms with Crippen LogP contribution in [0.15, 0.2) is 41.1 Å². The fourth-order valence-corrected chi connectivity index (χ4v) is 4.56. The summed E-state index contributed by atoms with van der Waals surface area (Å²) in [6.07, 6.45) is 0. The molecule has 0 spiro atoms. The van der Waals surface area contributed by atoms with Gasteiger partial charge in [0.25, 0.3) is 0 Å². The molecule has 0 bridgehead atoms. The second-order valence-electron chi connectivity index (χ2n) is 5.65. The molecule has 7 heteroatoms. The molecule has 2 aromatic heterocycles. The number of nitrogens with one attached hydrogen (secondary N) is 2. The van der Waals surface area contributed by atoms with Crippen LogP contribution in [0.5, 0.6) is 0 Å². The summed E-state index contributed by atoms with van der Waals surface area (Å²) in [4.78, 5) is 13.4. The van der Waals surface area contributed by atoms with Crippen LogP contribution in [-0.4, -0.2) is 18.2 Å². The molecule has 0 aliphatic rings. The number of thiophene rings is 2. The molecule has 26 heavy (non-hydrogen) atoms. The van der Waals surface area contributed by atoms with Crippen molar-refractivity contribution in [1.29, 1.82) is 0 Å². The van der Waals surface area contributed by atoms with Crippen LogP contribution >= 0.6 is 34.9 Å². The van der Waals surface area contributed by atoms with E-state index < -0.39 is 0 Å². The SMILES string of the molecule is COC(=O)c1c(-c2cccs2)csc1NC(=S)Nc1cccc(C)c1C. The molecule has 3 aromatic rings. The standard InChI is InChI=1S/C19H18N2O2S3/c1-11-6-4-7-14(12(11)2)20-19(24)21-17-16(18(22)23-3)13(10-26-17)15-8-5-9-25-15/h4-10H,1-3H3,(H2,20,21,24). The maximum atomic E-state index is 12.3. The summed E-state index contributed by atoms with van der Waals surface area (Å²) in [6, 6.07) is 9.95. The minimum absolute atomic E-state index is 0.383. The summed E-state index contributed by atoms with van der Waals surface area (Å²) in [5.41, 5.74) is 4.62. The van der Waals surface area contributed by atoms with Crippen molar-refractivity contribution in [2.75, 3.05) is 17.7 Å². The first kappa shape index (κ1) is 18.6. The third-order valence-corrected chi connectivity index (χ3v) is 6.05. The first-order valence-corrected chi connectivity index (χ1v) is 10.1. The lowest BCUT2D eigenvalue weighted by molar-refractivity contribution is 0.0603. The largest absolute Gasteiger partial charge is 0.465 e. The maximum Gasteiger partial charge on any atom is 0.341 e. The van der Waals surface area contributed by atoms with Crippen LogP contribution in [0.3, 0.4) is 0 Å². The Hall–Kier alpha value is -2.22. The number of carbonyl (C=O) groups is 1. The highest BCUT2D eigenvalue weighted by Gasteiger charge is 2.22. The monoisotopic (exact) mass is 402 g/mol. The number of hydrogen-bond donors (Lipinski definition) is 2. The quantitative estimate of drug-likeness (QED) is 0.434. The minimum Gasteiger partial charge on any atom is -0.465 e. The molecule has 0 saturated carbocycles. The number of esters is 1. The smallest absolute Gasteiger partial charge is 0.341 e. The van der Waals surface area contributed by atoms with Crippen LogP contribution in [0, 0.1) is 13.8 Å². The summed E-state index contributed by atoms with van der Waals surface area (Å²) >= 11 is 8.46. The van der Waals surface area contributed by atoms with Crippen LogP contribution in [-0.2, 0) is 4.74 Å². The van der Waals surface area contributed by atoms with Crippen molar-refractivity contribution in [2.24, 2.45) is 0 Å². The summed E-state index contributed by atoms with van der Waals surface area (Å²) < 4.78 is 4.98. The zero-order valence-electron chi connectivity index (χ0n) is 14.6. The highest BCUT2D eigenvalue weighted by atomic mass is 32.1. The van der Waals surface area contributed by atoms with Crippen LogP contribution < -0.4 is 10.6 Å². The second-order valence-corrected chi connectivity index (χ2v) is 7.88. The normalized spacial score (nSPS) is 10.4. The highest BCUT2D eigenvalue weighted by Crippen LogP contribution is 2.38. The number of ether oxygens (including phenoxy) is 1. The molecule has 0 aliphatic heterocycles. The van der Waals surface area contributed by atoms with E-state index in [4.69, 9.17) is 17.0 Å². The van der Waals surface area contributed by atoms with Crippen molar-refractivity contribution < 1.29 is 9.53 Å².